The van der Waals surface area contributed by atoms with Crippen LogP contribution in [0.25, 0.3) is 21.3 Å². The second-order valence-electron chi connectivity index (χ2n) is 6.79. The van der Waals surface area contributed by atoms with Crippen molar-refractivity contribution in [1.29, 1.82) is 0 Å². The molecule has 0 bridgehead atoms. The highest BCUT2D eigenvalue weighted by atomic mass is 32.1. The van der Waals surface area contributed by atoms with Crippen molar-refractivity contribution in [2.75, 3.05) is 12.4 Å². The first-order valence-corrected chi connectivity index (χ1v) is 10.8. The fourth-order valence-electron chi connectivity index (χ4n) is 3.00. The van der Waals surface area contributed by atoms with Crippen molar-refractivity contribution in [2.45, 2.75) is 27.0 Å². The summed E-state index contributed by atoms with van der Waals surface area (Å²) in [5, 5.41) is 14.0. The van der Waals surface area contributed by atoms with Crippen molar-refractivity contribution >= 4 is 43.9 Å². The van der Waals surface area contributed by atoms with Crippen LogP contribution in [0, 0.1) is 13.8 Å². The smallest absolute Gasteiger partial charge is 0.263 e. The molecule has 4 aromatic rings. The number of nitrogens with zero attached hydrogens (tertiary/aromatic N) is 4. The maximum absolute atomic E-state index is 13.1. The van der Waals surface area contributed by atoms with E-state index < -0.39 is 0 Å². The Bertz CT molecular complexity index is 1290. The van der Waals surface area contributed by atoms with E-state index in [9.17, 15) is 9.59 Å². The molecule has 0 aliphatic carbocycles. The van der Waals surface area contributed by atoms with Crippen molar-refractivity contribution < 1.29 is 9.53 Å². The van der Waals surface area contributed by atoms with Gasteiger partial charge in [-0.2, -0.15) is 0 Å². The number of rotatable bonds is 6. The van der Waals surface area contributed by atoms with Gasteiger partial charge in [0.1, 0.15) is 23.0 Å². The maximum atomic E-state index is 13.1. The van der Waals surface area contributed by atoms with Crippen LogP contribution in [0.3, 0.4) is 0 Å². The third-order valence-corrected chi connectivity index (χ3v) is 6.37. The summed E-state index contributed by atoms with van der Waals surface area (Å²) >= 11 is 2.64. The van der Waals surface area contributed by atoms with Crippen LogP contribution in [-0.2, 0) is 22.7 Å². The molecule has 10 heteroatoms. The number of thiophene rings is 1. The molecule has 4 rings (SSSR count). The zero-order chi connectivity index (χ0) is 21.3. The Kier molecular flexibility index (Phi) is 5.71. The van der Waals surface area contributed by atoms with Gasteiger partial charge in [-0.25, -0.2) is 4.98 Å². The van der Waals surface area contributed by atoms with E-state index in [4.69, 9.17) is 4.74 Å². The second-order valence-corrected chi connectivity index (χ2v) is 8.71. The topological polar surface area (TPSA) is 99.0 Å². The Morgan fingerprint density at radius 2 is 2.07 bits per heavy atom. The van der Waals surface area contributed by atoms with Crippen molar-refractivity contribution in [3.8, 4) is 11.1 Å². The van der Waals surface area contributed by atoms with E-state index in [-0.39, 0.29) is 18.0 Å². The van der Waals surface area contributed by atoms with Gasteiger partial charge in [0, 0.05) is 18.1 Å². The molecule has 0 unspecified atom stereocenters. The molecule has 0 saturated heterocycles. The molecule has 0 fully saturated rings. The van der Waals surface area contributed by atoms with E-state index in [0.29, 0.717) is 27.0 Å². The van der Waals surface area contributed by atoms with Crippen LogP contribution >= 0.6 is 22.7 Å². The highest BCUT2D eigenvalue weighted by Crippen LogP contribution is 2.31. The van der Waals surface area contributed by atoms with Gasteiger partial charge in [-0.05, 0) is 30.5 Å². The molecular formula is C20H19N5O3S2. The molecule has 0 aliphatic heterocycles. The third-order valence-electron chi connectivity index (χ3n) is 4.67. The lowest BCUT2D eigenvalue weighted by Gasteiger charge is -2.07. The zero-order valence-corrected chi connectivity index (χ0v) is 18.3. The number of ether oxygens (including phenoxy) is 1. The van der Waals surface area contributed by atoms with Crippen LogP contribution in [-0.4, -0.2) is 32.8 Å². The Hall–Kier alpha value is -2.95. The lowest BCUT2D eigenvalue weighted by molar-refractivity contribution is -0.116. The maximum Gasteiger partial charge on any atom is 0.263 e. The molecule has 1 amide bonds. The highest BCUT2D eigenvalue weighted by Gasteiger charge is 2.16. The van der Waals surface area contributed by atoms with Crippen LogP contribution in [0.2, 0.25) is 0 Å². The highest BCUT2D eigenvalue weighted by molar-refractivity contribution is 7.17. The van der Waals surface area contributed by atoms with Crippen LogP contribution < -0.4 is 10.9 Å². The van der Waals surface area contributed by atoms with Gasteiger partial charge < -0.3 is 4.74 Å². The fourth-order valence-corrected chi connectivity index (χ4v) is 4.64. The number of aromatic nitrogens is 4. The molecule has 3 heterocycles. The van der Waals surface area contributed by atoms with E-state index >= 15 is 0 Å². The number of anilines is 1. The number of methoxy groups -OCH3 is 1. The van der Waals surface area contributed by atoms with Crippen LogP contribution in [0.1, 0.15) is 16.1 Å². The van der Waals surface area contributed by atoms with Crippen molar-refractivity contribution in [3.63, 3.8) is 0 Å². The number of aryl methyl sites for hydroxylation is 2. The molecular weight excluding hydrogens is 422 g/mol. The molecule has 8 nitrogen and oxygen atoms in total. The predicted octanol–water partition coefficient (Wildman–Crippen LogP) is 3.38. The molecule has 0 radical (unpaired) electrons. The van der Waals surface area contributed by atoms with Gasteiger partial charge in [0.2, 0.25) is 11.0 Å². The summed E-state index contributed by atoms with van der Waals surface area (Å²) in [4.78, 5) is 30.6. The number of hydrogen-bond acceptors (Lipinski definition) is 8. The number of carbonyl (C=O) groups is 1. The number of amides is 1. The summed E-state index contributed by atoms with van der Waals surface area (Å²) in [6.45, 7) is 4.25. The molecule has 1 aromatic carbocycles. The Balaban J connectivity index is 1.62. The molecule has 154 valence electrons. The van der Waals surface area contributed by atoms with E-state index in [1.807, 2.05) is 31.4 Å². The normalized spacial score (nSPS) is 11.2. The van der Waals surface area contributed by atoms with E-state index in [1.54, 1.807) is 7.11 Å². The fraction of sp³-hybridized carbons (Fsp3) is 0.250. The summed E-state index contributed by atoms with van der Waals surface area (Å²) in [6.07, 6.45) is 1.40. The average Bonchev–Trinajstić information content (AvgIpc) is 3.34. The number of benzene rings is 1. The van der Waals surface area contributed by atoms with E-state index in [2.05, 4.69) is 26.6 Å². The van der Waals surface area contributed by atoms with Gasteiger partial charge >= 0.3 is 0 Å². The standard InChI is InChI=1S/C20H19N5O3S2/c1-11-4-5-13(6-12(11)2)14-9-29-18-17(14)19(27)25(10-21-18)7-15(26)22-20-24-23-16(30-20)8-28-3/h4-6,9-10H,7-8H2,1-3H3,(H,22,24,26). The molecule has 1 N–H and O–H groups in total. The van der Waals surface area contributed by atoms with Crippen molar-refractivity contribution in [3.05, 3.63) is 56.4 Å². The summed E-state index contributed by atoms with van der Waals surface area (Å²) in [6, 6.07) is 6.10. The SMILES string of the molecule is COCc1nnc(NC(=O)Cn2cnc3scc(-c4ccc(C)c(C)c4)c3c2=O)s1. The minimum atomic E-state index is -0.374. The zero-order valence-electron chi connectivity index (χ0n) is 16.6. The quantitative estimate of drug-likeness (QED) is 0.492. The summed E-state index contributed by atoms with van der Waals surface area (Å²) in [5.41, 5.74) is 3.89. The van der Waals surface area contributed by atoms with E-state index in [0.717, 1.165) is 16.7 Å². The largest absolute Gasteiger partial charge is 0.377 e. The molecule has 30 heavy (non-hydrogen) atoms. The van der Waals surface area contributed by atoms with Gasteiger partial charge in [0.05, 0.1) is 11.7 Å². The Morgan fingerprint density at radius 3 is 2.83 bits per heavy atom. The van der Waals surface area contributed by atoms with Crippen LogP contribution in [0.15, 0.2) is 34.7 Å². The van der Waals surface area contributed by atoms with Gasteiger partial charge in [0.15, 0.2) is 0 Å². The van der Waals surface area contributed by atoms with Crippen molar-refractivity contribution in [1.82, 2.24) is 19.7 Å². The molecule has 3 aromatic heterocycles. The number of carbonyl (C=O) groups excluding carboxylic acids is 1. The van der Waals surface area contributed by atoms with Crippen LogP contribution in [0.4, 0.5) is 5.13 Å². The third kappa shape index (κ3) is 4.02. The first-order chi connectivity index (χ1) is 14.5. The number of nitrogens with one attached hydrogen (secondary N) is 1. The molecule has 0 spiro atoms. The monoisotopic (exact) mass is 441 g/mol. The molecule has 0 saturated carbocycles. The summed E-state index contributed by atoms with van der Waals surface area (Å²) in [7, 11) is 1.56. The van der Waals surface area contributed by atoms with Gasteiger partial charge in [0.25, 0.3) is 5.56 Å². The Labute approximate surface area is 180 Å². The molecule has 0 aliphatic rings. The first-order valence-electron chi connectivity index (χ1n) is 9.11. The number of fused-ring (bicyclic) bond motifs is 1. The Morgan fingerprint density at radius 1 is 1.23 bits per heavy atom. The number of hydrogen-bond donors (Lipinski definition) is 1. The van der Waals surface area contributed by atoms with Gasteiger partial charge in [-0.15, -0.1) is 21.5 Å². The second kappa shape index (κ2) is 8.42. The molecule has 0 atom stereocenters. The van der Waals surface area contributed by atoms with Gasteiger partial charge in [-0.3, -0.25) is 19.5 Å². The lowest BCUT2D eigenvalue weighted by Crippen LogP contribution is -2.27. The average molecular weight is 442 g/mol. The van der Waals surface area contributed by atoms with E-state index in [1.165, 1.54) is 39.1 Å². The van der Waals surface area contributed by atoms with Gasteiger partial charge in [-0.1, -0.05) is 29.5 Å². The first kappa shape index (κ1) is 20.3. The van der Waals surface area contributed by atoms with Crippen LogP contribution in [0.5, 0.6) is 0 Å². The minimum absolute atomic E-state index is 0.164. The lowest BCUT2D eigenvalue weighted by atomic mass is 10.0. The summed E-state index contributed by atoms with van der Waals surface area (Å²) in [5.74, 6) is -0.374. The minimum Gasteiger partial charge on any atom is -0.377 e. The van der Waals surface area contributed by atoms with Crippen molar-refractivity contribution in [2.24, 2.45) is 0 Å². The summed E-state index contributed by atoms with van der Waals surface area (Å²) < 4.78 is 6.31. The predicted molar refractivity (Wildman–Crippen MR) is 118 cm³/mol.